The van der Waals surface area contributed by atoms with E-state index in [0.29, 0.717) is 17.9 Å². The first-order chi connectivity index (χ1) is 11.0. The standard InChI is InChI=1S/C17H26N2O3S/c1-12-13(2)22-14(3)15(12)16(20)18-10-17(4-9-23-11-17)19-5-7-21-8-6-19/h4-11H2,1-3H3,(H,18,20)/t17-/m1/s1. The second kappa shape index (κ2) is 6.87. The monoisotopic (exact) mass is 338 g/mol. The van der Waals surface area contributed by atoms with E-state index >= 15 is 0 Å². The van der Waals surface area contributed by atoms with Gasteiger partial charge in [-0.2, -0.15) is 11.8 Å². The van der Waals surface area contributed by atoms with Crippen molar-refractivity contribution in [2.75, 3.05) is 44.4 Å². The second-order valence-corrected chi connectivity index (χ2v) is 7.63. The van der Waals surface area contributed by atoms with E-state index in [2.05, 4.69) is 10.2 Å². The quantitative estimate of drug-likeness (QED) is 0.912. The maximum atomic E-state index is 12.7. The van der Waals surface area contributed by atoms with Crippen LogP contribution in [0.4, 0.5) is 0 Å². The van der Waals surface area contributed by atoms with Crippen molar-refractivity contribution in [3.05, 3.63) is 22.6 Å². The predicted molar refractivity (Wildman–Crippen MR) is 92.3 cm³/mol. The van der Waals surface area contributed by atoms with Gasteiger partial charge in [-0.25, -0.2) is 0 Å². The molecule has 2 fully saturated rings. The highest BCUT2D eigenvalue weighted by molar-refractivity contribution is 7.99. The number of hydrogen-bond acceptors (Lipinski definition) is 5. The lowest BCUT2D eigenvalue weighted by Crippen LogP contribution is -2.59. The number of morpholine rings is 1. The van der Waals surface area contributed by atoms with E-state index in [1.807, 2.05) is 32.5 Å². The number of ether oxygens (including phenoxy) is 1. The maximum Gasteiger partial charge on any atom is 0.255 e. The number of amides is 1. The van der Waals surface area contributed by atoms with Crippen LogP contribution in [0, 0.1) is 20.8 Å². The molecule has 1 amide bonds. The Balaban J connectivity index is 1.70. The van der Waals surface area contributed by atoms with Crippen LogP contribution in [0.5, 0.6) is 0 Å². The van der Waals surface area contributed by atoms with Gasteiger partial charge < -0.3 is 14.5 Å². The molecule has 128 valence electrons. The molecule has 1 atom stereocenters. The predicted octanol–water partition coefficient (Wildman–Crippen LogP) is 2.14. The Labute approximate surface area is 142 Å². The summed E-state index contributed by atoms with van der Waals surface area (Å²) < 4.78 is 11.1. The summed E-state index contributed by atoms with van der Waals surface area (Å²) in [5.74, 6) is 3.76. The smallest absolute Gasteiger partial charge is 0.255 e. The first-order valence-electron chi connectivity index (χ1n) is 8.29. The van der Waals surface area contributed by atoms with E-state index in [0.717, 1.165) is 55.6 Å². The molecule has 3 heterocycles. The Morgan fingerprint density at radius 1 is 1.26 bits per heavy atom. The van der Waals surface area contributed by atoms with E-state index in [-0.39, 0.29) is 11.4 Å². The summed E-state index contributed by atoms with van der Waals surface area (Å²) >= 11 is 1.98. The highest BCUT2D eigenvalue weighted by Gasteiger charge is 2.41. The minimum absolute atomic E-state index is 0.0126. The molecular formula is C17H26N2O3S. The van der Waals surface area contributed by atoms with E-state index < -0.39 is 0 Å². The average Bonchev–Trinajstić information content (AvgIpc) is 3.12. The zero-order valence-electron chi connectivity index (χ0n) is 14.2. The van der Waals surface area contributed by atoms with Crippen LogP contribution >= 0.6 is 11.8 Å². The summed E-state index contributed by atoms with van der Waals surface area (Å²) in [6, 6.07) is 0. The summed E-state index contributed by atoms with van der Waals surface area (Å²) in [5.41, 5.74) is 1.72. The summed E-state index contributed by atoms with van der Waals surface area (Å²) in [6.45, 7) is 9.91. The number of carbonyl (C=O) groups excluding carboxylic acids is 1. The van der Waals surface area contributed by atoms with Crippen molar-refractivity contribution >= 4 is 17.7 Å². The lowest BCUT2D eigenvalue weighted by Gasteiger charge is -2.43. The number of thioether (sulfide) groups is 1. The van der Waals surface area contributed by atoms with E-state index in [4.69, 9.17) is 9.15 Å². The first kappa shape index (κ1) is 16.9. The molecule has 2 saturated heterocycles. The number of furan rings is 1. The number of aryl methyl sites for hydroxylation is 2. The molecule has 0 aliphatic carbocycles. The number of hydrogen-bond donors (Lipinski definition) is 1. The van der Waals surface area contributed by atoms with Crippen molar-refractivity contribution in [2.24, 2.45) is 0 Å². The van der Waals surface area contributed by atoms with Gasteiger partial charge in [0, 0.05) is 36.5 Å². The molecule has 0 bridgehead atoms. The first-order valence-corrected chi connectivity index (χ1v) is 9.44. The molecule has 23 heavy (non-hydrogen) atoms. The van der Waals surface area contributed by atoms with E-state index in [1.54, 1.807) is 0 Å². The highest BCUT2D eigenvalue weighted by Crippen LogP contribution is 2.33. The lowest BCUT2D eigenvalue weighted by atomic mass is 9.95. The molecule has 1 N–H and O–H groups in total. The van der Waals surface area contributed by atoms with Gasteiger partial charge in [0.2, 0.25) is 0 Å². The Hall–Kier alpha value is -0.980. The van der Waals surface area contributed by atoms with Gasteiger partial charge in [-0.15, -0.1) is 0 Å². The molecule has 0 unspecified atom stereocenters. The molecule has 3 rings (SSSR count). The van der Waals surface area contributed by atoms with Crippen molar-refractivity contribution in [3.8, 4) is 0 Å². The molecule has 0 spiro atoms. The molecular weight excluding hydrogens is 312 g/mol. The van der Waals surface area contributed by atoms with Crippen LogP contribution in [-0.2, 0) is 4.74 Å². The molecule has 2 aliphatic heterocycles. The van der Waals surface area contributed by atoms with Gasteiger partial charge in [-0.1, -0.05) is 0 Å². The highest BCUT2D eigenvalue weighted by atomic mass is 32.2. The summed E-state index contributed by atoms with van der Waals surface area (Å²) in [6.07, 6.45) is 1.13. The topological polar surface area (TPSA) is 54.7 Å². The van der Waals surface area contributed by atoms with Crippen molar-refractivity contribution in [2.45, 2.75) is 32.7 Å². The molecule has 0 radical (unpaired) electrons. The van der Waals surface area contributed by atoms with Crippen molar-refractivity contribution < 1.29 is 13.9 Å². The van der Waals surface area contributed by atoms with E-state index in [1.165, 1.54) is 0 Å². The zero-order chi connectivity index (χ0) is 16.4. The molecule has 2 aliphatic rings. The fourth-order valence-corrected chi connectivity index (χ4v) is 5.07. The van der Waals surface area contributed by atoms with Gasteiger partial charge >= 0.3 is 0 Å². The minimum Gasteiger partial charge on any atom is -0.466 e. The Kier molecular flexibility index (Phi) is 5.04. The third-order valence-electron chi connectivity index (χ3n) is 5.13. The Morgan fingerprint density at radius 2 is 2.00 bits per heavy atom. The normalized spacial score (nSPS) is 25.7. The summed E-state index contributed by atoms with van der Waals surface area (Å²) in [5, 5.41) is 3.18. The van der Waals surface area contributed by atoms with E-state index in [9.17, 15) is 4.79 Å². The third kappa shape index (κ3) is 3.30. The third-order valence-corrected chi connectivity index (χ3v) is 6.37. The van der Waals surface area contributed by atoms with Crippen molar-refractivity contribution in [1.29, 1.82) is 0 Å². The maximum absolute atomic E-state index is 12.7. The molecule has 1 aromatic rings. The Morgan fingerprint density at radius 3 is 2.57 bits per heavy atom. The van der Waals surface area contributed by atoms with Crippen LogP contribution in [0.3, 0.4) is 0 Å². The molecule has 1 aromatic heterocycles. The number of nitrogens with zero attached hydrogens (tertiary/aromatic N) is 1. The van der Waals surface area contributed by atoms with Crippen molar-refractivity contribution in [3.63, 3.8) is 0 Å². The molecule has 6 heteroatoms. The fraction of sp³-hybridized carbons (Fsp3) is 0.706. The van der Waals surface area contributed by atoms with Gasteiger partial charge in [0.1, 0.15) is 11.5 Å². The Bertz CT molecular complexity index is 573. The van der Waals surface area contributed by atoms with Gasteiger partial charge in [-0.3, -0.25) is 9.69 Å². The van der Waals surface area contributed by atoms with Crippen LogP contribution in [0.2, 0.25) is 0 Å². The SMILES string of the molecule is Cc1oc(C)c(C(=O)NC[C@]2(N3CCOCC3)CCSC2)c1C. The van der Waals surface area contributed by atoms with Crippen LogP contribution in [0.1, 0.15) is 33.9 Å². The number of carbonyl (C=O) groups is 1. The second-order valence-electron chi connectivity index (χ2n) is 6.52. The fourth-order valence-electron chi connectivity index (χ4n) is 3.60. The number of nitrogens with one attached hydrogen (secondary N) is 1. The average molecular weight is 338 g/mol. The van der Waals surface area contributed by atoms with Crippen LogP contribution in [0.25, 0.3) is 0 Å². The van der Waals surface area contributed by atoms with Crippen LogP contribution < -0.4 is 5.32 Å². The molecule has 0 saturated carbocycles. The zero-order valence-corrected chi connectivity index (χ0v) is 15.1. The lowest BCUT2D eigenvalue weighted by molar-refractivity contribution is -0.0129. The van der Waals surface area contributed by atoms with Gasteiger partial charge in [0.25, 0.3) is 5.91 Å². The van der Waals surface area contributed by atoms with Gasteiger partial charge in [0.15, 0.2) is 0 Å². The van der Waals surface area contributed by atoms with Gasteiger partial charge in [-0.05, 0) is 32.9 Å². The summed E-state index contributed by atoms with van der Waals surface area (Å²) in [4.78, 5) is 15.2. The number of rotatable bonds is 4. The van der Waals surface area contributed by atoms with Crippen LogP contribution in [0.15, 0.2) is 4.42 Å². The van der Waals surface area contributed by atoms with Gasteiger partial charge in [0.05, 0.1) is 18.8 Å². The van der Waals surface area contributed by atoms with Crippen molar-refractivity contribution in [1.82, 2.24) is 10.2 Å². The summed E-state index contributed by atoms with van der Waals surface area (Å²) in [7, 11) is 0. The minimum atomic E-state index is -0.0126. The largest absolute Gasteiger partial charge is 0.466 e. The van der Waals surface area contributed by atoms with Crippen LogP contribution in [-0.4, -0.2) is 60.7 Å². The molecule has 5 nitrogen and oxygen atoms in total. The molecule has 0 aromatic carbocycles.